The molecule has 101 heavy (non-hydrogen) atoms. The molecule has 2 amide bonds. The van der Waals surface area contributed by atoms with Crippen LogP contribution < -0.4 is 29.9 Å². The fourth-order valence-electron chi connectivity index (χ4n) is 21.3. The van der Waals surface area contributed by atoms with Crippen LogP contribution in [0, 0.1) is 16.7 Å². The van der Waals surface area contributed by atoms with Crippen molar-refractivity contribution in [3.63, 3.8) is 0 Å². The fraction of sp³-hybridized carbons (Fsp3) is 0.587. The molecular weight excluding hydrogens is 1320 g/mol. The van der Waals surface area contributed by atoms with E-state index in [-0.39, 0.29) is 26.8 Å². The number of H-pyrrole nitrogens is 1. The second-order valence-corrected chi connectivity index (χ2v) is 29.0. The first-order chi connectivity index (χ1) is 46.9. The number of ether oxygens (including phenoxy) is 5. The molecular formula is C75H96F6N8O12. The van der Waals surface area contributed by atoms with Gasteiger partial charge in [-0.2, -0.15) is 26.3 Å². The van der Waals surface area contributed by atoms with E-state index < -0.39 is 124 Å². The minimum Gasteiger partial charge on any atom is -0.497 e. The number of aromatic amines is 1. The van der Waals surface area contributed by atoms with Gasteiger partial charge in [0.05, 0.1) is 46.5 Å². The Morgan fingerprint density at radius 3 is 1.70 bits per heavy atom. The van der Waals surface area contributed by atoms with Crippen molar-refractivity contribution >= 4 is 52.0 Å². The molecule has 14 rings (SSSR count). The van der Waals surface area contributed by atoms with E-state index in [1.165, 1.54) is 26.5 Å². The summed E-state index contributed by atoms with van der Waals surface area (Å²) >= 11 is 0. The van der Waals surface area contributed by atoms with Crippen LogP contribution in [-0.4, -0.2) is 214 Å². The SMILES string of the molecule is C.C.CCC1=C[C@@H]2CN(CCc3c([nH]c4ccccc34)[C@@](C(=O)OC)(c3cc4c(cc3OC)N(C)[C@H]3[C@@](O)(CNC(=O)C(F)(F)F)[C@H](OC(C)=O)[C@]5(CC)C=CCN6CC[C@]43C65)C2)C1.CC[C@]12C=CCN3CC[C@@]4(c5ccc(OC)cc5N(C)[C@H]4[C@@](O)(CNC(=O)C(F)(F)F)[C@@H]1OC(C)=O)C32. The molecule has 2 spiro atoms. The number of nitrogens with one attached hydrogen (secondary N) is 3. The average Bonchev–Trinajstić information content (AvgIpc) is 1.51. The Labute approximate surface area is 585 Å². The van der Waals surface area contributed by atoms with Crippen LogP contribution in [0.25, 0.3) is 10.9 Å². The van der Waals surface area contributed by atoms with Gasteiger partial charge in [0, 0.05) is 140 Å². The summed E-state index contributed by atoms with van der Waals surface area (Å²) < 4.78 is 111. The number of fused-ring (bicyclic) bond motifs is 7. The third kappa shape index (κ3) is 10.8. The monoisotopic (exact) mass is 1410 g/mol. The van der Waals surface area contributed by atoms with Gasteiger partial charge in [0.1, 0.15) is 40.3 Å². The number of amides is 2. The molecule has 10 aliphatic rings. The Morgan fingerprint density at radius 2 is 1.21 bits per heavy atom. The smallest absolute Gasteiger partial charge is 0.471 e. The lowest BCUT2D eigenvalue weighted by atomic mass is 9.47. The lowest BCUT2D eigenvalue weighted by Gasteiger charge is -2.64. The Balaban J connectivity index is 0.000000225. The van der Waals surface area contributed by atoms with Gasteiger partial charge < -0.3 is 59.3 Å². The van der Waals surface area contributed by atoms with Crippen LogP contribution in [0.5, 0.6) is 11.5 Å². The number of anilines is 2. The number of likely N-dealkylation sites (N-methyl/N-ethyl adjacent to an activating group) is 2. The highest BCUT2D eigenvalue weighted by Crippen LogP contribution is 2.70. The molecule has 15 atom stereocenters. The number of carbonyl (C=O) groups is 5. The van der Waals surface area contributed by atoms with Crippen molar-refractivity contribution in [2.24, 2.45) is 16.7 Å². The number of methoxy groups -OCH3 is 3. The lowest BCUT2D eigenvalue weighted by Crippen LogP contribution is -2.81. The first-order valence-electron chi connectivity index (χ1n) is 34.2. The molecule has 8 aliphatic heterocycles. The van der Waals surface area contributed by atoms with Crippen LogP contribution in [0.1, 0.15) is 116 Å². The molecule has 9 heterocycles. The molecule has 2 bridgehead atoms. The predicted molar refractivity (Wildman–Crippen MR) is 368 cm³/mol. The van der Waals surface area contributed by atoms with Crippen LogP contribution in [0.15, 0.2) is 90.6 Å². The third-order valence-corrected chi connectivity index (χ3v) is 24.5. The van der Waals surface area contributed by atoms with Gasteiger partial charge in [-0.15, -0.1) is 0 Å². The zero-order chi connectivity index (χ0) is 71.1. The van der Waals surface area contributed by atoms with E-state index in [9.17, 15) is 55.7 Å². The van der Waals surface area contributed by atoms with Gasteiger partial charge in [0.2, 0.25) is 0 Å². The van der Waals surface area contributed by atoms with E-state index in [0.717, 1.165) is 65.0 Å². The first kappa shape index (κ1) is 74.5. The number of aliphatic hydroxyl groups is 2. The minimum atomic E-state index is -5.23. The molecule has 3 aromatic carbocycles. The molecule has 3 unspecified atom stereocenters. The van der Waals surface area contributed by atoms with Crippen LogP contribution in [-0.2, 0) is 60.8 Å². The van der Waals surface area contributed by atoms with Crippen LogP contribution >= 0.6 is 0 Å². The second kappa shape index (κ2) is 26.2. The summed E-state index contributed by atoms with van der Waals surface area (Å²) in [5.41, 5.74) is -1.79. The molecule has 1 aromatic heterocycles. The maximum atomic E-state index is 15.3. The number of halogens is 6. The topological polar surface area (TPSA) is 228 Å². The standard InChI is InChI=1S/C47H56F3N5O7.C26H32F3N3O5.2CH4/c1-7-28-20-29-23-45(42(58)61-6,37-31(14-18-54(24-28)25-29)30-12-9-10-13-34(30)52-37)33-21-32-35(22-36(33)60-5)53(4)39-44(32)16-19-55-17-11-15-43(8-2,38(44)55)40(62-27(3)56)46(39,59)26-51-41(57)47(48,49)50;1-5-23-9-6-11-32-12-10-24(19(23)32)17-8-7-16(36-4)13-18(17)31(3)20(24)25(35,21(23)37-15(2)33)14-30-22(34)26(27,28)29;;/h9-13,15,20-22,29,38-40,52,59H,7-8,14,16-19,23-26H2,1-6H3,(H,51,57);6-9,13,19-21,35H,5,10-12,14H2,1-4H3,(H,30,34);2*1H4/t29-,38?,39+,40+,43+,44+,45-,46-;19?,20-,21-,23-,24-,25+;;/m01../s1. The van der Waals surface area contributed by atoms with E-state index in [2.05, 4.69) is 38.7 Å². The number of hydrogen-bond donors (Lipinski definition) is 5. The highest BCUT2D eigenvalue weighted by molar-refractivity contribution is 5.95. The normalized spacial score (nSPS) is 33.8. The van der Waals surface area contributed by atoms with Crippen molar-refractivity contribution in [1.82, 2.24) is 30.3 Å². The summed E-state index contributed by atoms with van der Waals surface area (Å²) in [4.78, 5) is 79.9. The molecule has 0 radical (unpaired) electrons. The van der Waals surface area contributed by atoms with Crippen molar-refractivity contribution in [3.05, 3.63) is 118 Å². The summed E-state index contributed by atoms with van der Waals surface area (Å²) in [6, 6.07) is 15.2. The van der Waals surface area contributed by atoms with Gasteiger partial charge >= 0.3 is 42.1 Å². The number of benzene rings is 3. The predicted octanol–water partition coefficient (Wildman–Crippen LogP) is 8.72. The van der Waals surface area contributed by atoms with Crippen LogP contribution in [0.4, 0.5) is 37.7 Å². The van der Waals surface area contributed by atoms with Gasteiger partial charge in [-0.3, -0.25) is 38.7 Å². The van der Waals surface area contributed by atoms with E-state index in [1.807, 2.05) is 107 Å². The van der Waals surface area contributed by atoms with E-state index in [1.54, 1.807) is 28.3 Å². The van der Waals surface area contributed by atoms with Crippen molar-refractivity contribution in [2.75, 3.05) is 104 Å². The van der Waals surface area contributed by atoms with Crippen molar-refractivity contribution < 1.29 is 84.2 Å². The van der Waals surface area contributed by atoms with Gasteiger partial charge in [0.25, 0.3) is 0 Å². The molecule has 550 valence electrons. The zero-order valence-electron chi connectivity index (χ0n) is 57.4. The molecule has 2 saturated carbocycles. The van der Waals surface area contributed by atoms with Gasteiger partial charge in [-0.25, -0.2) is 0 Å². The summed E-state index contributed by atoms with van der Waals surface area (Å²) in [6.45, 7) is 11.7. The Bertz CT molecular complexity index is 4030. The Hall–Kier alpha value is -7.65. The molecule has 5 N–H and O–H groups in total. The fourth-order valence-corrected chi connectivity index (χ4v) is 21.3. The largest absolute Gasteiger partial charge is 0.497 e. The van der Waals surface area contributed by atoms with Gasteiger partial charge in [0.15, 0.2) is 0 Å². The quantitative estimate of drug-likeness (QED) is 0.0365. The number of para-hydroxylation sites is 1. The Kier molecular flexibility index (Phi) is 19.4. The summed E-state index contributed by atoms with van der Waals surface area (Å²) in [6.07, 6.45) is 1.05. The molecule has 26 heteroatoms. The second-order valence-electron chi connectivity index (χ2n) is 29.0. The molecule has 20 nitrogen and oxygen atoms in total. The van der Waals surface area contributed by atoms with Crippen LogP contribution in [0.3, 0.4) is 0 Å². The van der Waals surface area contributed by atoms with E-state index >= 15 is 4.79 Å². The number of carbonyl (C=O) groups excluding carboxylic acids is 5. The number of alkyl halides is 6. The average molecular weight is 1420 g/mol. The van der Waals surface area contributed by atoms with Crippen LogP contribution in [0.2, 0.25) is 0 Å². The van der Waals surface area contributed by atoms with Gasteiger partial charge in [-0.1, -0.05) is 95.8 Å². The number of esters is 3. The van der Waals surface area contributed by atoms with E-state index in [4.69, 9.17) is 23.7 Å². The Morgan fingerprint density at radius 1 is 0.673 bits per heavy atom. The van der Waals surface area contributed by atoms with Crippen molar-refractivity contribution in [3.8, 4) is 11.5 Å². The summed E-state index contributed by atoms with van der Waals surface area (Å²) in [5, 5.41) is 31.0. The maximum Gasteiger partial charge on any atom is 0.471 e. The molecule has 2 aliphatic carbocycles. The molecule has 2 saturated heterocycles. The highest BCUT2D eigenvalue weighted by atomic mass is 19.4. The lowest BCUT2D eigenvalue weighted by molar-refractivity contribution is -0.219. The summed E-state index contributed by atoms with van der Waals surface area (Å²) in [5.74, 6) is -5.25. The number of nitrogens with zero attached hydrogens (tertiary/aromatic N) is 5. The molecule has 4 aromatic rings. The number of hydrogen-bond acceptors (Lipinski definition) is 17. The summed E-state index contributed by atoms with van der Waals surface area (Å²) in [7, 11) is 8.07. The number of rotatable bonds is 13. The molecule has 4 fully saturated rings. The minimum absolute atomic E-state index is 0. The first-order valence-corrected chi connectivity index (χ1v) is 34.2. The van der Waals surface area contributed by atoms with Crippen molar-refractivity contribution in [1.29, 1.82) is 0 Å². The zero-order valence-corrected chi connectivity index (χ0v) is 57.4. The van der Waals surface area contributed by atoms with Gasteiger partial charge in [-0.05, 0) is 98.8 Å². The highest BCUT2D eigenvalue weighted by Gasteiger charge is 2.80. The maximum absolute atomic E-state index is 15.3. The number of aromatic nitrogens is 1. The van der Waals surface area contributed by atoms with E-state index in [0.29, 0.717) is 87.5 Å². The van der Waals surface area contributed by atoms with Crippen molar-refractivity contribution in [2.45, 2.75) is 171 Å². The third-order valence-electron chi connectivity index (χ3n) is 24.5.